The van der Waals surface area contributed by atoms with Gasteiger partial charge in [0.05, 0.1) is 11.9 Å². The van der Waals surface area contributed by atoms with E-state index in [-0.39, 0.29) is 34.2 Å². The Kier molecular flexibility index (Phi) is 4.71. The first-order valence-corrected chi connectivity index (χ1v) is 13.6. The fourth-order valence-electron chi connectivity index (χ4n) is 5.43. The zero-order chi connectivity index (χ0) is 23.7. The van der Waals surface area contributed by atoms with Crippen molar-refractivity contribution in [2.24, 2.45) is 5.92 Å². The minimum Gasteiger partial charge on any atom is -0.381 e. The second kappa shape index (κ2) is 7.37. The first kappa shape index (κ1) is 21.8. The van der Waals surface area contributed by atoms with Gasteiger partial charge in [0.15, 0.2) is 5.52 Å². The summed E-state index contributed by atoms with van der Waals surface area (Å²) in [5.41, 5.74) is 0.115. The summed E-state index contributed by atoms with van der Waals surface area (Å²) in [6.07, 6.45) is 3.19. The van der Waals surface area contributed by atoms with E-state index >= 15 is 0 Å². The van der Waals surface area contributed by atoms with Gasteiger partial charge in [-0.3, -0.25) is 13.8 Å². The van der Waals surface area contributed by atoms with Crippen molar-refractivity contribution in [2.75, 3.05) is 32.1 Å². The second-order valence-corrected chi connectivity index (χ2v) is 13.5. The molecule has 3 aliphatic rings. The summed E-state index contributed by atoms with van der Waals surface area (Å²) in [6.45, 7) is 4.03. The fraction of sp³-hybridized carbons (Fsp3) is 0.478. The quantitative estimate of drug-likeness (QED) is 0.563. The molecule has 3 aromatic rings. The van der Waals surface area contributed by atoms with Crippen LogP contribution in [0.2, 0.25) is 0 Å². The third kappa shape index (κ3) is 2.99. The van der Waals surface area contributed by atoms with Crippen LogP contribution in [0.3, 0.4) is 0 Å². The average molecular weight is 488 g/mol. The van der Waals surface area contributed by atoms with E-state index in [1.54, 1.807) is 15.0 Å². The Morgan fingerprint density at radius 1 is 1.15 bits per heavy atom. The Morgan fingerprint density at radius 3 is 2.53 bits per heavy atom. The molecule has 3 saturated heterocycles. The van der Waals surface area contributed by atoms with E-state index in [1.807, 2.05) is 6.92 Å². The van der Waals surface area contributed by atoms with Crippen LogP contribution in [0.5, 0.6) is 0 Å². The number of benzene rings is 1. The van der Waals surface area contributed by atoms with Crippen molar-refractivity contribution in [1.29, 1.82) is 0 Å². The van der Waals surface area contributed by atoms with Crippen LogP contribution in [0.1, 0.15) is 43.3 Å². The highest BCUT2D eigenvalue weighted by Crippen LogP contribution is 2.55. The smallest absolute Gasteiger partial charge is 0.276 e. The largest absolute Gasteiger partial charge is 0.381 e. The van der Waals surface area contributed by atoms with E-state index in [0.29, 0.717) is 42.5 Å². The van der Waals surface area contributed by atoms with E-state index in [2.05, 4.69) is 9.97 Å². The molecule has 0 saturated carbocycles. The monoisotopic (exact) mass is 487 g/mol. The molecule has 0 spiro atoms. The number of carbonyl (C=O) groups is 1. The lowest BCUT2D eigenvalue weighted by Crippen LogP contribution is -2.40. The molecule has 9 nitrogen and oxygen atoms in total. The molecule has 34 heavy (non-hydrogen) atoms. The SMILES string of the molecule is CC1CN(S2(=O)(c3ccc(F)cc3)CC2=O)CC1c1nn2c(C3CCOCC3)ncc2c(=O)[nH]1. The highest BCUT2D eigenvalue weighted by Gasteiger charge is 2.67. The van der Waals surface area contributed by atoms with Crippen LogP contribution < -0.4 is 5.56 Å². The molecule has 3 aliphatic heterocycles. The van der Waals surface area contributed by atoms with Gasteiger partial charge >= 0.3 is 0 Å². The van der Waals surface area contributed by atoms with E-state index < -0.39 is 15.1 Å². The lowest BCUT2D eigenvalue weighted by atomic mass is 9.97. The molecule has 180 valence electrons. The summed E-state index contributed by atoms with van der Waals surface area (Å²) in [5.74, 6) is 0.680. The van der Waals surface area contributed by atoms with Crippen LogP contribution in [0, 0.1) is 11.7 Å². The highest BCUT2D eigenvalue weighted by atomic mass is 32.3. The van der Waals surface area contributed by atoms with Crippen molar-refractivity contribution < 1.29 is 18.1 Å². The number of nitrogens with one attached hydrogen (secondary N) is 1. The zero-order valence-electron chi connectivity index (χ0n) is 18.8. The molecular weight excluding hydrogens is 461 g/mol. The summed E-state index contributed by atoms with van der Waals surface area (Å²) >= 11 is 0. The number of rotatable bonds is 4. The normalized spacial score (nSPS) is 28.1. The molecule has 2 aromatic heterocycles. The van der Waals surface area contributed by atoms with Crippen LogP contribution in [0.4, 0.5) is 4.39 Å². The van der Waals surface area contributed by atoms with Gasteiger partial charge < -0.3 is 9.72 Å². The molecule has 5 heterocycles. The van der Waals surface area contributed by atoms with Gasteiger partial charge in [0.1, 0.15) is 17.5 Å². The van der Waals surface area contributed by atoms with Gasteiger partial charge in [-0.2, -0.15) is 5.10 Å². The van der Waals surface area contributed by atoms with Gasteiger partial charge in [-0.05, 0) is 43.0 Å². The first-order chi connectivity index (χ1) is 16.3. The molecule has 2 unspecified atom stereocenters. The van der Waals surface area contributed by atoms with Crippen LogP contribution >= 0.6 is 0 Å². The molecule has 0 amide bonds. The van der Waals surface area contributed by atoms with E-state index in [4.69, 9.17) is 9.84 Å². The minimum absolute atomic E-state index is 0.00792. The topological polar surface area (TPSA) is 110 Å². The standard InChI is InChI=1S/C23H26FN5O4S/c1-14-11-28(34(32,13-20(34)30)17-4-2-16(24)3-5-17)12-18(14)21-26-23(31)19-10-25-22(29(19)27-21)15-6-8-33-9-7-15/h2-5,10,14-15,18H,6-9,11-13H2,1H3,(H,26,27,31). The number of aromatic amines is 1. The van der Waals surface area contributed by atoms with Gasteiger partial charge in [0, 0.05) is 52.3 Å². The van der Waals surface area contributed by atoms with Crippen LogP contribution in [-0.2, 0) is 18.8 Å². The number of halogens is 1. The van der Waals surface area contributed by atoms with Crippen LogP contribution in [0.15, 0.2) is 40.2 Å². The summed E-state index contributed by atoms with van der Waals surface area (Å²) in [6, 6.07) is 5.38. The maximum atomic E-state index is 14.3. The molecule has 3 fully saturated rings. The lowest BCUT2D eigenvalue weighted by molar-refractivity contribution is -0.107. The number of H-pyrrole nitrogens is 1. The molecule has 2 atom stereocenters. The fourth-order valence-corrected chi connectivity index (χ4v) is 9.21. The predicted octanol–water partition coefficient (Wildman–Crippen LogP) is 1.82. The molecule has 1 aromatic carbocycles. The maximum absolute atomic E-state index is 14.3. The second-order valence-electron chi connectivity index (χ2n) is 9.60. The number of aromatic nitrogens is 4. The van der Waals surface area contributed by atoms with Crippen molar-refractivity contribution >= 4 is 19.9 Å². The summed E-state index contributed by atoms with van der Waals surface area (Å²) in [5, 5.41) is 4.46. The number of ether oxygens (including phenoxy) is 1. The molecular formula is C23H26FN5O4S. The van der Waals surface area contributed by atoms with Gasteiger partial charge in [-0.25, -0.2) is 18.2 Å². The Hall–Kier alpha value is -2.76. The molecule has 0 aliphatic carbocycles. The summed E-state index contributed by atoms with van der Waals surface area (Å²) in [4.78, 5) is 33.3. The minimum atomic E-state index is -3.90. The third-order valence-electron chi connectivity index (χ3n) is 7.58. The lowest BCUT2D eigenvalue weighted by Gasteiger charge is -2.32. The number of imidazole rings is 1. The third-order valence-corrected chi connectivity index (χ3v) is 11.7. The number of carbonyl (C=O) groups excluding carboxylic acids is 1. The van der Waals surface area contributed by atoms with E-state index in [0.717, 1.165) is 18.7 Å². The summed E-state index contributed by atoms with van der Waals surface area (Å²) < 4.78 is 36.6. The van der Waals surface area contributed by atoms with Crippen molar-refractivity contribution in [3.8, 4) is 0 Å². The zero-order valence-corrected chi connectivity index (χ0v) is 19.6. The van der Waals surface area contributed by atoms with Gasteiger partial charge in [-0.1, -0.05) is 6.92 Å². The number of nitrogens with zero attached hydrogens (tertiary/aromatic N) is 4. The molecule has 0 bridgehead atoms. The molecule has 11 heteroatoms. The van der Waals surface area contributed by atoms with E-state index in [1.165, 1.54) is 24.3 Å². The van der Waals surface area contributed by atoms with Gasteiger partial charge in [0.2, 0.25) is 5.12 Å². The Balaban J connectivity index is 1.37. The number of fused-ring (bicyclic) bond motifs is 1. The molecule has 0 radical (unpaired) electrons. The van der Waals surface area contributed by atoms with Crippen molar-refractivity contribution in [3.05, 3.63) is 58.3 Å². The van der Waals surface area contributed by atoms with Crippen LogP contribution in [0.25, 0.3) is 5.52 Å². The Bertz CT molecular complexity index is 1430. The molecule has 1 N–H and O–H groups in total. The van der Waals surface area contributed by atoms with E-state index in [9.17, 15) is 18.2 Å². The van der Waals surface area contributed by atoms with Gasteiger partial charge in [-0.15, -0.1) is 0 Å². The first-order valence-electron chi connectivity index (χ1n) is 11.5. The number of hydrogen-bond donors (Lipinski definition) is 1. The number of hydrogen-bond acceptors (Lipinski definition) is 6. The maximum Gasteiger partial charge on any atom is 0.276 e. The van der Waals surface area contributed by atoms with Gasteiger partial charge in [0.25, 0.3) is 5.56 Å². The van der Waals surface area contributed by atoms with Crippen LogP contribution in [-0.4, -0.2) is 65.3 Å². The molecule has 6 rings (SSSR count). The highest BCUT2D eigenvalue weighted by molar-refractivity contribution is 8.39. The van der Waals surface area contributed by atoms with Crippen molar-refractivity contribution in [2.45, 2.75) is 36.5 Å². The summed E-state index contributed by atoms with van der Waals surface area (Å²) in [7, 11) is -3.90. The van der Waals surface area contributed by atoms with Crippen molar-refractivity contribution in [1.82, 2.24) is 23.9 Å². The predicted molar refractivity (Wildman–Crippen MR) is 123 cm³/mol. The Labute approximate surface area is 194 Å². The average Bonchev–Trinajstić information content (AvgIpc) is 3.14. The van der Waals surface area contributed by atoms with Crippen molar-refractivity contribution in [3.63, 3.8) is 0 Å². The Morgan fingerprint density at radius 2 is 1.85 bits per heavy atom.